The lowest BCUT2D eigenvalue weighted by Crippen LogP contribution is -2.04. The number of hydrogen-bond donors (Lipinski definition) is 1. The molecule has 1 unspecified atom stereocenters. The fourth-order valence-corrected chi connectivity index (χ4v) is 3.25. The van der Waals surface area contributed by atoms with Crippen molar-refractivity contribution in [3.05, 3.63) is 57.3 Å². The molecule has 0 spiro atoms. The molecule has 0 saturated carbocycles. The van der Waals surface area contributed by atoms with Crippen LogP contribution in [0.1, 0.15) is 22.9 Å². The molecule has 3 aromatic rings. The average Bonchev–Trinajstić information content (AvgIpc) is 2.92. The van der Waals surface area contributed by atoms with Crippen LogP contribution in [0.15, 0.2) is 40.4 Å². The number of rotatable bonds is 3. The molecule has 0 saturated heterocycles. The molecule has 2 aromatic heterocycles. The standard InChI is InChI=1S/C14H13BrN2OS/c1-9-2-3-10(15)6-12(9)13(18)7-11-8-17-4-5-19-14(17)16-11/h2-6,8,13,18H,7H2,1H3. The van der Waals surface area contributed by atoms with Crippen LogP contribution in [0.5, 0.6) is 0 Å². The monoisotopic (exact) mass is 336 g/mol. The number of aromatic nitrogens is 2. The Bertz CT molecular complexity index is 691. The van der Waals surface area contributed by atoms with E-state index in [2.05, 4.69) is 20.9 Å². The summed E-state index contributed by atoms with van der Waals surface area (Å²) >= 11 is 5.04. The number of halogens is 1. The number of aliphatic hydroxyl groups excluding tert-OH is 1. The molecule has 3 rings (SSSR count). The minimum atomic E-state index is -0.526. The molecule has 1 atom stereocenters. The highest BCUT2D eigenvalue weighted by Gasteiger charge is 2.14. The molecule has 5 heteroatoms. The SMILES string of the molecule is Cc1ccc(Br)cc1C(O)Cc1cn2ccsc2n1. The number of fused-ring (bicyclic) bond motifs is 1. The van der Waals surface area contributed by atoms with Gasteiger partial charge >= 0.3 is 0 Å². The van der Waals surface area contributed by atoms with Crippen molar-refractivity contribution in [1.29, 1.82) is 0 Å². The van der Waals surface area contributed by atoms with Crippen LogP contribution in [0.25, 0.3) is 4.96 Å². The summed E-state index contributed by atoms with van der Waals surface area (Å²) in [5, 5.41) is 12.4. The molecule has 0 fully saturated rings. The molecule has 0 amide bonds. The number of imidazole rings is 1. The summed E-state index contributed by atoms with van der Waals surface area (Å²) < 4.78 is 2.97. The van der Waals surface area contributed by atoms with Crippen molar-refractivity contribution in [3.63, 3.8) is 0 Å². The topological polar surface area (TPSA) is 37.5 Å². The van der Waals surface area contributed by atoms with Gasteiger partial charge in [0.05, 0.1) is 11.8 Å². The highest BCUT2D eigenvalue weighted by atomic mass is 79.9. The van der Waals surface area contributed by atoms with Crippen LogP contribution in [0.2, 0.25) is 0 Å². The highest BCUT2D eigenvalue weighted by Crippen LogP contribution is 2.25. The molecule has 2 heterocycles. The van der Waals surface area contributed by atoms with E-state index in [1.165, 1.54) is 0 Å². The van der Waals surface area contributed by atoms with Gasteiger partial charge in [-0.15, -0.1) is 11.3 Å². The summed E-state index contributed by atoms with van der Waals surface area (Å²) in [7, 11) is 0. The van der Waals surface area contributed by atoms with Crippen molar-refractivity contribution < 1.29 is 5.11 Å². The Morgan fingerprint density at radius 2 is 2.32 bits per heavy atom. The first kappa shape index (κ1) is 12.8. The zero-order valence-corrected chi connectivity index (χ0v) is 12.8. The second-order valence-corrected chi connectivity index (χ2v) is 6.33. The summed E-state index contributed by atoms with van der Waals surface area (Å²) in [6, 6.07) is 5.96. The van der Waals surface area contributed by atoms with Gasteiger partial charge < -0.3 is 5.11 Å². The van der Waals surface area contributed by atoms with Crippen molar-refractivity contribution in [1.82, 2.24) is 9.38 Å². The minimum absolute atomic E-state index is 0.526. The third kappa shape index (κ3) is 2.59. The summed E-state index contributed by atoms with van der Waals surface area (Å²) in [6.07, 6.45) is 3.96. The fraction of sp³-hybridized carbons (Fsp3) is 0.214. The average molecular weight is 337 g/mol. The second kappa shape index (κ2) is 5.07. The molecule has 98 valence electrons. The van der Waals surface area contributed by atoms with Gasteiger partial charge in [0, 0.05) is 28.7 Å². The summed E-state index contributed by atoms with van der Waals surface area (Å²) in [6.45, 7) is 2.01. The Hall–Kier alpha value is -1.17. The van der Waals surface area contributed by atoms with E-state index in [1.54, 1.807) is 11.3 Å². The van der Waals surface area contributed by atoms with E-state index in [9.17, 15) is 5.11 Å². The Balaban J connectivity index is 1.86. The Morgan fingerprint density at radius 3 is 3.11 bits per heavy atom. The normalized spacial score (nSPS) is 13.0. The van der Waals surface area contributed by atoms with Crippen LogP contribution >= 0.6 is 27.3 Å². The quantitative estimate of drug-likeness (QED) is 0.791. The van der Waals surface area contributed by atoms with Crippen LogP contribution in [-0.2, 0) is 6.42 Å². The van der Waals surface area contributed by atoms with Crippen molar-refractivity contribution in [2.24, 2.45) is 0 Å². The first-order chi connectivity index (χ1) is 9.13. The maximum Gasteiger partial charge on any atom is 0.193 e. The van der Waals surface area contributed by atoms with Gasteiger partial charge in [-0.3, -0.25) is 4.40 Å². The van der Waals surface area contributed by atoms with Gasteiger partial charge in [-0.1, -0.05) is 22.0 Å². The fourth-order valence-electron chi connectivity index (χ4n) is 2.15. The van der Waals surface area contributed by atoms with Gasteiger partial charge in [0.25, 0.3) is 0 Å². The maximum absolute atomic E-state index is 10.4. The number of hydrogen-bond acceptors (Lipinski definition) is 3. The third-order valence-electron chi connectivity index (χ3n) is 3.15. The summed E-state index contributed by atoms with van der Waals surface area (Å²) in [4.78, 5) is 5.47. The number of nitrogens with zero attached hydrogens (tertiary/aromatic N) is 2. The molecule has 1 N–H and O–H groups in total. The van der Waals surface area contributed by atoms with Crippen molar-refractivity contribution in [2.75, 3.05) is 0 Å². The van der Waals surface area contributed by atoms with Crippen LogP contribution < -0.4 is 0 Å². The summed E-state index contributed by atoms with van der Waals surface area (Å²) in [5.74, 6) is 0. The van der Waals surface area contributed by atoms with E-state index < -0.39 is 6.10 Å². The Labute approximate surface area is 123 Å². The lowest BCUT2D eigenvalue weighted by Gasteiger charge is -2.13. The predicted octanol–water partition coefficient (Wildman–Crippen LogP) is 3.74. The van der Waals surface area contributed by atoms with Crippen molar-refractivity contribution >= 4 is 32.2 Å². The van der Waals surface area contributed by atoms with Gasteiger partial charge in [-0.2, -0.15) is 0 Å². The lowest BCUT2D eigenvalue weighted by molar-refractivity contribution is 0.176. The first-order valence-electron chi connectivity index (χ1n) is 5.98. The van der Waals surface area contributed by atoms with Gasteiger partial charge in [-0.25, -0.2) is 4.98 Å². The molecule has 3 nitrogen and oxygen atoms in total. The van der Waals surface area contributed by atoms with E-state index in [4.69, 9.17) is 0 Å². The Kier molecular flexibility index (Phi) is 3.43. The lowest BCUT2D eigenvalue weighted by atomic mass is 10.0. The highest BCUT2D eigenvalue weighted by molar-refractivity contribution is 9.10. The predicted molar refractivity (Wildman–Crippen MR) is 80.6 cm³/mol. The molecule has 1 aromatic carbocycles. The van der Waals surface area contributed by atoms with E-state index in [-0.39, 0.29) is 0 Å². The molecular formula is C14H13BrN2OS. The smallest absolute Gasteiger partial charge is 0.193 e. The third-order valence-corrected chi connectivity index (χ3v) is 4.41. The summed E-state index contributed by atoms with van der Waals surface area (Å²) in [5.41, 5.74) is 2.96. The van der Waals surface area contributed by atoms with Gasteiger partial charge in [0.2, 0.25) is 0 Å². The number of benzene rings is 1. The van der Waals surface area contributed by atoms with E-state index in [1.807, 2.05) is 47.3 Å². The van der Waals surface area contributed by atoms with Gasteiger partial charge in [0.1, 0.15) is 0 Å². The molecule has 0 aliphatic heterocycles. The maximum atomic E-state index is 10.4. The van der Waals surface area contributed by atoms with E-state index in [0.717, 1.165) is 26.3 Å². The molecule has 0 aliphatic rings. The van der Waals surface area contributed by atoms with Crippen LogP contribution in [0, 0.1) is 6.92 Å². The minimum Gasteiger partial charge on any atom is -0.388 e. The number of aliphatic hydroxyl groups is 1. The number of aryl methyl sites for hydroxylation is 1. The van der Waals surface area contributed by atoms with Crippen molar-refractivity contribution in [2.45, 2.75) is 19.4 Å². The van der Waals surface area contributed by atoms with E-state index in [0.29, 0.717) is 6.42 Å². The van der Waals surface area contributed by atoms with E-state index >= 15 is 0 Å². The molecule has 0 bridgehead atoms. The molecular weight excluding hydrogens is 324 g/mol. The van der Waals surface area contributed by atoms with Crippen molar-refractivity contribution in [3.8, 4) is 0 Å². The number of thiazole rings is 1. The molecule has 0 radical (unpaired) electrons. The zero-order valence-electron chi connectivity index (χ0n) is 10.4. The van der Waals surface area contributed by atoms with Crippen LogP contribution in [-0.4, -0.2) is 14.5 Å². The molecule has 0 aliphatic carbocycles. The first-order valence-corrected chi connectivity index (χ1v) is 7.66. The van der Waals surface area contributed by atoms with Crippen LogP contribution in [0.3, 0.4) is 0 Å². The van der Waals surface area contributed by atoms with Gasteiger partial charge in [0.15, 0.2) is 4.96 Å². The van der Waals surface area contributed by atoms with Gasteiger partial charge in [-0.05, 0) is 30.2 Å². The Morgan fingerprint density at radius 1 is 1.47 bits per heavy atom. The zero-order chi connectivity index (χ0) is 13.4. The second-order valence-electron chi connectivity index (χ2n) is 4.55. The largest absolute Gasteiger partial charge is 0.388 e. The molecule has 19 heavy (non-hydrogen) atoms. The van der Waals surface area contributed by atoms with Crippen LogP contribution in [0.4, 0.5) is 0 Å².